The van der Waals surface area contributed by atoms with Crippen LogP contribution in [0.3, 0.4) is 0 Å². The predicted molar refractivity (Wildman–Crippen MR) is 85.0 cm³/mol. The molecule has 0 fully saturated rings. The normalized spacial score (nSPS) is 10.9. The summed E-state index contributed by atoms with van der Waals surface area (Å²) in [6.07, 6.45) is 5.06. The van der Waals surface area contributed by atoms with Gasteiger partial charge in [-0.2, -0.15) is 4.98 Å². The molecule has 21 heavy (non-hydrogen) atoms. The fraction of sp³-hybridized carbons (Fsp3) is 0. The SMILES string of the molecule is NNc1cn2ccnc2c(Oc2cc(Cl)c(Br)cc2Cl)n1. The Kier molecular flexibility index (Phi) is 3.90. The standard InChI is InChI=1S/C12H8BrCl2N5O/c13-6-3-8(15)9(4-7(6)14)21-12-11-17-1-2-20(11)5-10(18-12)19-16/h1-5,19H,16H2. The second kappa shape index (κ2) is 5.69. The van der Waals surface area contributed by atoms with E-state index in [1.807, 2.05) is 0 Å². The number of imidazole rings is 1. The molecule has 0 bridgehead atoms. The second-order valence-corrected chi connectivity index (χ2v) is 5.70. The Hall–Kier alpha value is -1.54. The Balaban J connectivity index is 2.09. The van der Waals surface area contributed by atoms with Crippen molar-refractivity contribution in [2.24, 2.45) is 5.84 Å². The molecule has 0 amide bonds. The summed E-state index contributed by atoms with van der Waals surface area (Å²) in [7, 11) is 0. The van der Waals surface area contributed by atoms with Gasteiger partial charge in [0.15, 0.2) is 5.82 Å². The monoisotopic (exact) mass is 387 g/mol. The van der Waals surface area contributed by atoms with E-state index >= 15 is 0 Å². The number of hydrogen-bond acceptors (Lipinski definition) is 5. The maximum atomic E-state index is 6.14. The van der Waals surface area contributed by atoms with Crippen molar-refractivity contribution < 1.29 is 4.74 Å². The summed E-state index contributed by atoms with van der Waals surface area (Å²) in [4.78, 5) is 8.41. The number of nitrogens with two attached hydrogens (primary N) is 1. The molecule has 3 N–H and O–H groups in total. The van der Waals surface area contributed by atoms with E-state index in [0.717, 1.165) is 0 Å². The Bertz CT molecular complexity index is 823. The van der Waals surface area contributed by atoms with Crippen molar-refractivity contribution in [1.29, 1.82) is 0 Å². The molecule has 0 unspecified atom stereocenters. The van der Waals surface area contributed by atoms with Crippen molar-refractivity contribution in [2.45, 2.75) is 0 Å². The zero-order valence-electron chi connectivity index (χ0n) is 10.3. The van der Waals surface area contributed by atoms with E-state index in [4.69, 9.17) is 33.8 Å². The molecule has 0 aliphatic rings. The summed E-state index contributed by atoms with van der Waals surface area (Å²) in [5, 5.41) is 0.866. The summed E-state index contributed by atoms with van der Waals surface area (Å²) in [5.41, 5.74) is 3.00. The number of hydrazine groups is 1. The molecule has 2 aromatic heterocycles. The number of aromatic nitrogens is 3. The van der Waals surface area contributed by atoms with Gasteiger partial charge in [-0.1, -0.05) is 23.2 Å². The van der Waals surface area contributed by atoms with Crippen molar-refractivity contribution >= 4 is 50.6 Å². The number of nitrogens with zero attached hydrogens (tertiary/aromatic N) is 3. The molecule has 1 aromatic carbocycles. The lowest BCUT2D eigenvalue weighted by Crippen LogP contribution is -2.10. The highest BCUT2D eigenvalue weighted by atomic mass is 79.9. The molecule has 0 saturated heterocycles. The number of rotatable bonds is 3. The molecule has 0 atom stereocenters. The van der Waals surface area contributed by atoms with E-state index < -0.39 is 0 Å². The molecule has 0 aliphatic heterocycles. The topological polar surface area (TPSA) is 77.5 Å². The van der Waals surface area contributed by atoms with E-state index in [2.05, 4.69) is 31.3 Å². The minimum atomic E-state index is 0.260. The maximum Gasteiger partial charge on any atom is 0.265 e. The lowest BCUT2D eigenvalue weighted by molar-refractivity contribution is 0.466. The number of hydrogen-bond donors (Lipinski definition) is 2. The highest BCUT2D eigenvalue weighted by Crippen LogP contribution is 2.37. The Morgan fingerprint density at radius 1 is 1.29 bits per heavy atom. The molecule has 0 spiro atoms. The van der Waals surface area contributed by atoms with Gasteiger partial charge >= 0.3 is 0 Å². The van der Waals surface area contributed by atoms with Crippen LogP contribution in [0, 0.1) is 0 Å². The molecule has 0 saturated carbocycles. The van der Waals surface area contributed by atoms with Crippen molar-refractivity contribution in [3.63, 3.8) is 0 Å². The number of benzene rings is 1. The molecule has 3 rings (SSSR count). The highest BCUT2D eigenvalue weighted by Gasteiger charge is 2.13. The van der Waals surface area contributed by atoms with Crippen molar-refractivity contribution in [3.05, 3.63) is 45.2 Å². The van der Waals surface area contributed by atoms with Crippen LogP contribution in [0.4, 0.5) is 5.82 Å². The molecule has 9 heteroatoms. The van der Waals surface area contributed by atoms with Crippen LogP contribution in [0.25, 0.3) is 5.65 Å². The fourth-order valence-corrected chi connectivity index (χ4v) is 2.56. The number of halogens is 3. The largest absolute Gasteiger partial charge is 0.434 e. The van der Waals surface area contributed by atoms with E-state index in [1.165, 1.54) is 0 Å². The Labute approximate surface area is 137 Å². The van der Waals surface area contributed by atoms with Crippen LogP contribution in [-0.4, -0.2) is 14.4 Å². The molecule has 6 nitrogen and oxygen atoms in total. The molecule has 3 aromatic rings. The van der Waals surface area contributed by atoms with Gasteiger partial charge in [0.05, 0.1) is 16.2 Å². The van der Waals surface area contributed by atoms with Gasteiger partial charge < -0.3 is 10.2 Å². The van der Waals surface area contributed by atoms with Crippen LogP contribution in [0.2, 0.25) is 10.0 Å². The quantitative estimate of drug-likeness (QED) is 0.404. The highest BCUT2D eigenvalue weighted by molar-refractivity contribution is 9.10. The van der Waals surface area contributed by atoms with Gasteiger partial charge in [-0.15, -0.1) is 0 Å². The first kappa shape index (κ1) is 14.4. The summed E-state index contributed by atoms with van der Waals surface area (Å²) >= 11 is 15.5. The molecule has 0 radical (unpaired) electrons. The summed E-state index contributed by atoms with van der Waals surface area (Å²) < 4.78 is 8.14. The maximum absolute atomic E-state index is 6.14. The first-order valence-electron chi connectivity index (χ1n) is 5.71. The molecule has 0 aliphatic carbocycles. The summed E-state index contributed by atoms with van der Waals surface area (Å²) in [6, 6.07) is 3.24. The van der Waals surface area contributed by atoms with Gasteiger partial charge in [-0.05, 0) is 22.0 Å². The minimum absolute atomic E-state index is 0.260. The summed E-state index contributed by atoms with van der Waals surface area (Å²) in [6.45, 7) is 0. The van der Waals surface area contributed by atoms with Gasteiger partial charge in [-0.25, -0.2) is 10.8 Å². The number of fused-ring (bicyclic) bond motifs is 1. The third-order valence-electron chi connectivity index (χ3n) is 2.67. The van der Waals surface area contributed by atoms with E-state index in [9.17, 15) is 0 Å². The van der Waals surface area contributed by atoms with E-state index in [1.54, 1.807) is 35.1 Å². The van der Waals surface area contributed by atoms with Gasteiger partial charge in [0, 0.05) is 22.9 Å². The van der Waals surface area contributed by atoms with Crippen molar-refractivity contribution in [2.75, 3.05) is 5.43 Å². The third kappa shape index (κ3) is 2.77. The lowest BCUT2D eigenvalue weighted by Gasteiger charge is -2.10. The molecular formula is C12H8BrCl2N5O. The van der Waals surface area contributed by atoms with Crippen LogP contribution in [0.5, 0.6) is 11.6 Å². The lowest BCUT2D eigenvalue weighted by atomic mass is 10.3. The first-order chi connectivity index (χ1) is 10.1. The Morgan fingerprint density at radius 2 is 2.10 bits per heavy atom. The Morgan fingerprint density at radius 3 is 2.86 bits per heavy atom. The zero-order valence-corrected chi connectivity index (χ0v) is 13.4. The second-order valence-electron chi connectivity index (χ2n) is 4.03. The van der Waals surface area contributed by atoms with Crippen LogP contribution >= 0.6 is 39.1 Å². The van der Waals surface area contributed by atoms with Crippen LogP contribution in [-0.2, 0) is 0 Å². The third-order valence-corrected chi connectivity index (χ3v) is 4.17. The van der Waals surface area contributed by atoms with Crippen LogP contribution in [0.1, 0.15) is 0 Å². The number of nitrogen functional groups attached to an aromatic ring is 1. The fourth-order valence-electron chi connectivity index (χ4n) is 1.73. The van der Waals surface area contributed by atoms with Gasteiger partial charge in [-0.3, -0.25) is 4.40 Å². The minimum Gasteiger partial charge on any atom is -0.434 e. The smallest absolute Gasteiger partial charge is 0.265 e. The van der Waals surface area contributed by atoms with Crippen molar-refractivity contribution in [3.8, 4) is 11.6 Å². The van der Waals surface area contributed by atoms with Crippen molar-refractivity contribution in [1.82, 2.24) is 14.4 Å². The molecule has 2 heterocycles. The summed E-state index contributed by atoms with van der Waals surface area (Å²) in [5.74, 6) is 6.45. The van der Waals surface area contributed by atoms with Crippen LogP contribution < -0.4 is 16.0 Å². The van der Waals surface area contributed by atoms with Gasteiger partial charge in [0.1, 0.15) is 5.75 Å². The number of anilines is 1. The predicted octanol–water partition coefficient (Wildman–Crippen LogP) is 3.88. The van der Waals surface area contributed by atoms with E-state index in [0.29, 0.717) is 31.7 Å². The van der Waals surface area contributed by atoms with Gasteiger partial charge in [0.25, 0.3) is 5.88 Å². The van der Waals surface area contributed by atoms with Gasteiger partial charge in [0.2, 0.25) is 5.65 Å². The average molecular weight is 389 g/mol. The molecular weight excluding hydrogens is 381 g/mol. The zero-order chi connectivity index (χ0) is 15.0. The average Bonchev–Trinajstić information content (AvgIpc) is 2.93. The van der Waals surface area contributed by atoms with E-state index in [-0.39, 0.29) is 5.88 Å². The first-order valence-corrected chi connectivity index (χ1v) is 7.26. The molecule has 108 valence electrons. The van der Waals surface area contributed by atoms with Crippen LogP contribution in [0.15, 0.2) is 35.2 Å². The number of ether oxygens (including phenoxy) is 1. The number of nitrogens with one attached hydrogen (secondary N) is 1.